The molecule has 2 heterocycles. The normalized spacial score (nSPS) is 19.6. The fraction of sp³-hybridized carbons (Fsp3) is 0.355. The minimum absolute atomic E-state index is 0.145. The monoisotopic (exact) mass is 467 g/mol. The van der Waals surface area contributed by atoms with Crippen molar-refractivity contribution in [2.75, 3.05) is 32.8 Å². The predicted octanol–water partition coefficient (Wildman–Crippen LogP) is 5.81. The van der Waals surface area contributed by atoms with Crippen LogP contribution in [0.4, 0.5) is 0 Å². The topological polar surface area (TPSA) is 41.9 Å². The minimum atomic E-state index is 0.145. The molecular formula is C31H33NO3. The van der Waals surface area contributed by atoms with Gasteiger partial charge < -0.3 is 14.6 Å². The predicted molar refractivity (Wildman–Crippen MR) is 139 cm³/mol. The first-order chi connectivity index (χ1) is 17.2. The quantitative estimate of drug-likeness (QED) is 0.424. The van der Waals surface area contributed by atoms with E-state index < -0.39 is 0 Å². The fourth-order valence-corrected chi connectivity index (χ4v) is 5.31. The summed E-state index contributed by atoms with van der Waals surface area (Å²) in [6.07, 6.45) is 2.22. The number of hydrogen-bond donors (Lipinski definition) is 1. The Morgan fingerprint density at radius 3 is 2.57 bits per heavy atom. The molecule has 0 spiro atoms. The average molecular weight is 468 g/mol. The zero-order valence-corrected chi connectivity index (χ0v) is 20.3. The van der Waals surface area contributed by atoms with Crippen LogP contribution in [0.3, 0.4) is 0 Å². The number of likely N-dealkylation sites (tertiary alicyclic amines) is 1. The maximum Gasteiger partial charge on any atom is 0.126 e. The molecule has 2 aliphatic rings. The first-order valence-electron chi connectivity index (χ1n) is 12.6. The van der Waals surface area contributed by atoms with Gasteiger partial charge in [-0.15, -0.1) is 11.8 Å². The van der Waals surface area contributed by atoms with Crippen molar-refractivity contribution < 1.29 is 14.6 Å². The van der Waals surface area contributed by atoms with Crippen LogP contribution in [0.2, 0.25) is 0 Å². The van der Waals surface area contributed by atoms with Gasteiger partial charge in [-0.25, -0.2) is 0 Å². The van der Waals surface area contributed by atoms with Gasteiger partial charge in [0.2, 0.25) is 0 Å². The third kappa shape index (κ3) is 5.47. The van der Waals surface area contributed by atoms with Gasteiger partial charge in [0.25, 0.3) is 0 Å². The van der Waals surface area contributed by atoms with Crippen LogP contribution in [0.15, 0.2) is 72.8 Å². The molecule has 3 aromatic rings. The Bertz CT molecular complexity index is 1170. The summed E-state index contributed by atoms with van der Waals surface area (Å²) in [4.78, 5) is 2.46. The number of ether oxygens (including phenoxy) is 2. The largest absolute Gasteiger partial charge is 0.508 e. The molecule has 4 nitrogen and oxygen atoms in total. The van der Waals surface area contributed by atoms with Crippen molar-refractivity contribution in [2.24, 2.45) is 5.92 Å². The molecule has 2 aliphatic heterocycles. The second-order valence-corrected chi connectivity index (χ2v) is 9.54. The third-order valence-corrected chi connectivity index (χ3v) is 7.18. The van der Waals surface area contributed by atoms with Crippen LogP contribution in [-0.2, 0) is 0 Å². The molecular weight excluding hydrogens is 434 g/mol. The molecule has 4 heteroatoms. The highest BCUT2D eigenvalue weighted by Gasteiger charge is 2.33. The van der Waals surface area contributed by atoms with Crippen molar-refractivity contribution in [3.63, 3.8) is 0 Å². The Labute approximate surface area is 208 Å². The van der Waals surface area contributed by atoms with E-state index >= 15 is 0 Å². The molecule has 180 valence electrons. The Balaban J connectivity index is 1.23. The number of hydrogen-bond acceptors (Lipinski definition) is 4. The second kappa shape index (κ2) is 10.9. The molecule has 35 heavy (non-hydrogen) atoms. The molecule has 1 fully saturated rings. The lowest BCUT2D eigenvalue weighted by atomic mass is 9.76. The van der Waals surface area contributed by atoms with Gasteiger partial charge in [-0.1, -0.05) is 48.5 Å². The molecule has 0 radical (unpaired) electrons. The molecule has 0 aromatic heterocycles. The number of nitrogens with zero attached hydrogens (tertiary/aromatic N) is 1. The SMILES string of the molecule is CC#CCCC1CN(CCOc2ccc([C@@H]3c4ccc(O)cc4OC[C@@H]3c3ccccc3)cc2)C1. The lowest BCUT2D eigenvalue weighted by molar-refractivity contribution is 0.0786. The van der Waals surface area contributed by atoms with Crippen LogP contribution in [0.1, 0.15) is 48.3 Å². The van der Waals surface area contributed by atoms with Gasteiger partial charge in [0.1, 0.15) is 23.9 Å². The van der Waals surface area contributed by atoms with E-state index in [2.05, 4.69) is 65.3 Å². The van der Waals surface area contributed by atoms with Crippen molar-refractivity contribution in [2.45, 2.75) is 31.6 Å². The van der Waals surface area contributed by atoms with E-state index in [4.69, 9.17) is 9.47 Å². The summed E-state index contributed by atoms with van der Waals surface area (Å²) in [7, 11) is 0. The number of phenols is 1. The lowest BCUT2D eigenvalue weighted by Crippen LogP contribution is -2.48. The van der Waals surface area contributed by atoms with Gasteiger partial charge in [0.15, 0.2) is 0 Å². The molecule has 1 saturated heterocycles. The summed E-state index contributed by atoms with van der Waals surface area (Å²) in [5.41, 5.74) is 3.59. The zero-order chi connectivity index (χ0) is 24.0. The Morgan fingerprint density at radius 1 is 1.00 bits per heavy atom. The molecule has 2 atom stereocenters. The first kappa shape index (κ1) is 23.3. The number of fused-ring (bicyclic) bond motifs is 1. The standard InChI is InChI=1S/C31H33NO3/c1-2-3-5-8-23-20-32(21-23)17-18-34-27-14-11-25(12-15-27)31-28-16-13-26(33)19-30(28)35-22-29(31)24-9-6-4-7-10-24/h4,6-7,9-16,19,23,29,31,33H,5,8,17-18,20-22H2,1H3/t29-,31-/m1/s1. The zero-order valence-electron chi connectivity index (χ0n) is 20.3. The smallest absolute Gasteiger partial charge is 0.126 e. The number of aromatic hydroxyl groups is 1. The summed E-state index contributed by atoms with van der Waals surface area (Å²) in [6, 6.07) is 24.5. The van der Waals surface area contributed by atoms with Crippen molar-refractivity contribution in [3.05, 3.63) is 89.5 Å². The van der Waals surface area contributed by atoms with Crippen LogP contribution >= 0.6 is 0 Å². The summed E-state index contributed by atoms with van der Waals surface area (Å²) in [5, 5.41) is 9.97. The van der Waals surface area contributed by atoms with Gasteiger partial charge in [0, 0.05) is 49.5 Å². The van der Waals surface area contributed by atoms with E-state index in [1.165, 1.54) is 17.5 Å². The highest BCUT2D eigenvalue weighted by molar-refractivity contribution is 5.50. The minimum Gasteiger partial charge on any atom is -0.508 e. The number of rotatable bonds is 8. The summed E-state index contributed by atoms with van der Waals surface area (Å²) >= 11 is 0. The van der Waals surface area contributed by atoms with E-state index in [0.717, 1.165) is 49.0 Å². The van der Waals surface area contributed by atoms with Crippen molar-refractivity contribution in [1.82, 2.24) is 4.90 Å². The number of benzene rings is 3. The highest BCUT2D eigenvalue weighted by atomic mass is 16.5. The Morgan fingerprint density at radius 2 is 1.80 bits per heavy atom. The van der Waals surface area contributed by atoms with E-state index in [9.17, 15) is 5.11 Å². The Hall–Kier alpha value is -3.42. The van der Waals surface area contributed by atoms with Crippen LogP contribution in [0.5, 0.6) is 17.2 Å². The van der Waals surface area contributed by atoms with Crippen LogP contribution in [0, 0.1) is 17.8 Å². The summed E-state index contributed by atoms with van der Waals surface area (Å²) in [6.45, 7) is 6.47. The molecule has 0 amide bonds. The van der Waals surface area contributed by atoms with E-state index in [0.29, 0.717) is 13.2 Å². The maximum absolute atomic E-state index is 9.97. The van der Waals surface area contributed by atoms with Gasteiger partial charge in [0.05, 0.1) is 6.61 Å². The highest BCUT2D eigenvalue weighted by Crippen LogP contribution is 2.47. The number of phenolic OH excluding ortho intramolecular Hbond substituents is 1. The van der Waals surface area contributed by atoms with E-state index in [1.807, 2.05) is 19.1 Å². The molecule has 1 N–H and O–H groups in total. The van der Waals surface area contributed by atoms with Crippen LogP contribution < -0.4 is 9.47 Å². The second-order valence-electron chi connectivity index (χ2n) is 9.54. The molecule has 0 bridgehead atoms. The third-order valence-electron chi connectivity index (χ3n) is 7.18. The molecule has 0 saturated carbocycles. The van der Waals surface area contributed by atoms with Crippen LogP contribution in [0.25, 0.3) is 0 Å². The Kier molecular flexibility index (Phi) is 7.25. The molecule has 0 unspecified atom stereocenters. The van der Waals surface area contributed by atoms with Gasteiger partial charge in [-0.2, -0.15) is 0 Å². The van der Waals surface area contributed by atoms with Gasteiger partial charge in [-0.05, 0) is 48.6 Å². The average Bonchev–Trinajstić information content (AvgIpc) is 2.87. The van der Waals surface area contributed by atoms with Crippen molar-refractivity contribution >= 4 is 0 Å². The summed E-state index contributed by atoms with van der Waals surface area (Å²) < 4.78 is 12.1. The summed E-state index contributed by atoms with van der Waals surface area (Å²) in [5.74, 6) is 9.16. The molecule has 5 rings (SSSR count). The maximum atomic E-state index is 9.97. The van der Waals surface area contributed by atoms with Gasteiger partial charge >= 0.3 is 0 Å². The van der Waals surface area contributed by atoms with Crippen LogP contribution in [-0.4, -0.2) is 42.9 Å². The van der Waals surface area contributed by atoms with E-state index in [-0.39, 0.29) is 17.6 Å². The lowest BCUT2D eigenvalue weighted by Gasteiger charge is -2.39. The molecule has 0 aliphatic carbocycles. The molecule has 3 aromatic carbocycles. The van der Waals surface area contributed by atoms with Crippen molar-refractivity contribution in [3.8, 4) is 29.1 Å². The fourth-order valence-electron chi connectivity index (χ4n) is 5.31. The van der Waals surface area contributed by atoms with Gasteiger partial charge in [-0.3, -0.25) is 4.90 Å². The first-order valence-corrected chi connectivity index (χ1v) is 12.6. The van der Waals surface area contributed by atoms with E-state index in [1.54, 1.807) is 12.1 Å². The van der Waals surface area contributed by atoms with Crippen molar-refractivity contribution in [1.29, 1.82) is 0 Å².